The number of imide groups is 1. The summed E-state index contributed by atoms with van der Waals surface area (Å²) < 4.78 is 4.90. The van der Waals surface area contributed by atoms with Gasteiger partial charge in [0.2, 0.25) is 0 Å². The number of hydrogen-bond acceptors (Lipinski definition) is 4. The fraction of sp³-hybridized carbons (Fsp3) is 0.333. The lowest BCUT2D eigenvalue weighted by atomic mass is 10.1. The van der Waals surface area contributed by atoms with Crippen molar-refractivity contribution in [1.82, 2.24) is 4.90 Å². The third-order valence-electron chi connectivity index (χ3n) is 3.03. The third-order valence-corrected chi connectivity index (χ3v) is 3.03. The molecule has 106 valence electrons. The molecule has 0 aromatic heterocycles. The van der Waals surface area contributed by atoms with Crippen LogP contribution >= 0.6 is 0 Å². The van der Waals surface area contributed by atoms with Crippen LogP contribution in [-0.2, 0) is 14.3 Å². The van der Waals surface area contributed by atoms with Crippen molar-refractivity contribution in [2.24, 2.45) is 0 Å². The summed E-state index contributed by atoms with van der Waals surface area (Å²) in [5.41, 5.74) is 3.31. The molecule has 1 heterocycles. The van der Waals surface area contributed by atoms with E-state index in [1.54, 1.807) is 0 Å². The minimum Gasteiger partial charge on any atom is -0.383 e. The van der Waals surface area contributed by atoms with E-state index in [4.69, 9.17) is 4.74 Å². The Bertz CT molecular complexity index is 558. The molecule has 5 heteroatoms. The zero-order valence-corrected chi connectivity index (χ0v) is 11.9. The molecule has 1 aliphatic rings. The van der Waals surface area contributed by atoms with E-state index in [1.807, 2.05) is 32.0 Å². The Morgan fingerprint density at radius 3 is 2.40 bits per heavy atom. The van der Waals surface area contributed by atoms with Crippen LogP contribution in [0.1, 0.15) is 11.1 Å². The van der Waals surface area contributed by atoms with Crippen LogP contribution in [0.3, 0.4) is 0 Å². The van der Waals surface area contributed by atoms with Gasteiger partial charge in [0.25, 0.3) is 11.8 Å². The van der Waals surface area contributed by atoms with Crippen LogP contribution in [0.4, 0.5) is 5.69 Å². The second-order valence-corrected chi connectivity index (χ2v) is 4.85. The fourth-order valence-corrected chi connectivity index (χ4v) is 2.19. The van der Waals surface area contributed by atoms with Gasteiger partial charge < -0.3 is 10.1 Å². The zero-order chi connectivity index (χ0) is 14.7. The Kier molecular flexibility index (Phi) is 4.20. The first-order valence-electron chi connectivity index (χ1n) is 6.43. The van der Waals surface area contributed by atoms with Crippen LogP contribution in [0.15, 0.2) is 30.0 Å². The second kappa shape index (κ2) is 5.88. The van der Waals surface area contributed by atoms with Crippen molar-refractivity contribution in [3.63, 3.8) is 0 Å². The number of hydrogen-bond donors (Lipinski definition) is 1. The zero-order valence-electron chi connectivity index (χ0n) is 11.9. The summed E-state index contributed by atoms with van der Waals surface area (Å²) in [6.45, 7) is 4.57. The quantitative estimate of drug-likeness (QED) is 0.829. The summed E-state index contributed by atoms with van der Waals surface area (Å²) in [5.74, 6) is -0.620. The molecule has 2 amide bonds. The SMILES string of the molecule is COCCN1C(=O)C=C(Nc2cc(C)cc(C)c2)C1=O. The number of anilines is 1. The van der Waals surface area contributed by atoms with E-state index in [9.17, 15) is 9.59 Å². The molecule has 20 heavy (non-hydrogen) atoms. The summed E-state index contributed by atoms with van der Waals surface area (Å²) in [6, 6.07) is 5.92. The highest BCUT2D eigenvalue weighted by Gasteiger charge is 2.30. The van der Waals surface area contributed by atoms with Gasteiger partial charge in [0, 0.05) is 18.9 Å². The van der Waals surface area contributed by atoms with Crippen molar-refractivity contribution in [3.05, 3.63) is 41.1 Å². The van der Waals surface area contributed by atoms with Crippen molar-refractivity contribution in [2.45, 2.75) is 13.8 Å². The molecule has 2 rings (SSSR count). The largest absolute Gasteiger partial charge is 0.383 e. The Morgan fingerprint density at radius 1 is 1.15 bits per heavy atom. The van der Waals surface area contributed by atoms with Gasteiger partial charge in [-0.15, -0.1) is 0 Å². The van der Waals surface area contributed by atoms with Crippen molar-refractivity contribution in [3.8, 4) is 0 Å². The minimum absolute atomic E-state index is 0.267. The predicted octanol–water partition coefficient (Wildman–Crippen LogP) is 1.61. The number of methoxy groups -OCH3 is 1. The highest BCUT2D eigenvalue weighted by atomic mass is 16.5. The molecule has 1 N–H and O–H groups in total. The molecule has 0 saturated carbocycles. The van der Waals surface area contributed by atoms with E-state index in [-0.39, 0.29) is 18.4 Å². The van der Waals surface area contributed by atoms with Gasteiger partial charge in [-0.05, 0) is 37.1 Å². The van der Waals surface area contributed by atoms with Gasteiger partial charge >= 0.3 is 0 Å². The van der Waals surface area contributed by atoms with Gasteiger partial charge in [-0.1, -0.05) is 6.07 Å². The molecule has 0 aliphatic carbocycles. The number of carbonyl (C=O) groups is 2. The van der Waals surface area contributed by atoms with Crippen molar-refractivity contribution >= 4 is 17.5 Å². The molecule has 5 nitrogen and oxygen atoms in total. The molecule has 0 fully saturated rings. The van der Waals surface area contributed by atoms with Crippen LogP contribution < -0.4 is 5.32 Å². The first-order chi connectivity index (χ1) is 9.51. The highest BCUT2D eigenvalue weighted by Crippen LogP contribution is 2.19. The highest BCUT2D eigenvalue weighted by molar-refractivity contribution is 6.17. The number of rotatable bonds is 5. The Labute approximate surface area is 118 Å². The van der Waals surface area contributed by atoms with Crippen LogP contribution in [0.2, 0.25) is 0 Å². The molecular weight excluding hydrogens is 256 g/mol. The van der Waals surface area contributed by atoms with Gasteiger partial charge in [0.15, 0.2) is 0 Å². The average Bonchev–Trinajstić information content (AvgIpc) is 2.61. The first-order valence-corrected chi connectivity index (χ1v) is 6.43. The summed E-state index contributed by atoms with van der Waals surface area (Å²) in [7, 11) is 1.53. The molecule has 1 aromatic rings. The van der Waals surface area contributed by atoms with Crippen LogP contribution in [-0.4, -0.2) is 37.0 Å². The number of aryl methyl sites for hydroxylation is 2. The number of nitrogens with one attached hydrogen (secondary N) is 1. The molecule has 0 unspecified atom stereocenters. The lowest BCUT2D eigenvalue weighted by molar-refractivity contribution is -0.137. The summed E-state index contributed by atoms with van der Waals surface area (Å²) >= 11 is 0. The molecule has 1 aliphatic heterocycles. The topological polar surface area (TPSA) is 58.6 Å². The van der Waals surface area contributed by atoms with E-state index in [1.165, 1.54) is 18.1 Å². The number of carbonyl (C=O) groups excluding carboxylic acids is 2. The molecule has 0 spiro atoms. The monoisotopic (exact) mass is 274 g/mol. The maximum absolute atomic E-state index is 12.1. The van der Waals surface area contributed by atoms with Gasteiger partial charge in [0.1, 0.15) is 5.70 Å². The second-order valence-electron chi connectivity index (χ2n) is 4.85. The molecule has 0 bridgehead atoms. The van der Waals surface area contributed by atoms with Gasteiger partial charge in [-0.25, -0.2) is 0 Å². The smallest absolute Gasteiger partial charge is 0.277 e. The third kappa shape index (κ3) is 3.05. The lowest BCUT2D eigenvalue weighted by Gasteiger charge is -2.14. The number of benzene rings is 1. The average molecular weight is 274 g/mol. The van der Waals surface area contributed by atoms with Gasteiger partial charge in [-0.3, -0.25) is 14.5 Å². The molecule has 0 radical (unpaired) electrons. The minimum atomic E-state index is -0.314. The van der Waals surface area contributed by atoms with Gasteiger partial charge in [0.05, 0.1) is 13.2 Å². The van der Waals surface area contributed by atoms with Gasteiger partial charge in [-0.2, -0.15) is 0 Å². The summed E-state index contributed by atoms with van der Waals surface area (Å²) in [4.78, 5) is 25.0. The van der Waals surface area contributed by atoms with E-state index >= 15 is 0 Å². The maximum Gasteiger partial charge on any atom is 0.277 e. The Morgan fingerprint density at radius 2 is 1.80 bits per heavy atom. The van der Waals surface area contributed by atoms with E-state index < -0.39 is 0 Å². The summed E-state index contributed by atoms with van der Waals surface area (Å²) in [5, 5.41) is 3.02. The molecule has 0 saturated heterocycles. The summed E-state index contributed by atoms with van der Waals surface area (Å²) in [6.07, 6.45) is 1.33. The van der Waals surface area contributed by atoms with E-state index in [0.29, 0.717) is 12.3 Å². The lowest BCUT2D eigenvalue weighted by Crippen LogP contribution is -2.34. The van der Waals surface area contributed by atoms with Crippen molar-refractivity contribution in [2.75, 3.05) is 25.6 Å². The fourth-order valence-electron chi connectivity index (χ4n) is 2.19. The number of ether oxygens (including phenoxy) is 1. The number of amides is 2. The Balaban J connectivity index is 2.12. The molecule has 0 atom stereocenters. The van der Waals surface area contributed by atoms with Crippen molar-refractivity contribution in [1.29, 1.82) is 0 Å². The maximum atomic E-state index is 12.1. The predicted molar refractivity (Wildman–Crippen MR) is 76.2 cm³/mol. The standard InChI is InChI=1S/C15H18N2O3/c1-10-6-11(2)8-12(7-10)16-13-9-14(18)17(15(13)19)4-5-20-3/h6-9,16H,4-5H2,1-3H3. The van der Waals surface area contributed by atoms with Crippen LogP contribution in [0, 0.1) is 13.8 Å². The van der Waals surface area contributed by atoms with Crippen molar-refractivity contribution < 1.29 is 14.3 Å². The van der Waals surface area contributed by atoms with E-state index in [0.717, 1.165) is 16.8 Å². The first kappa shape index (κ1) is 14.3. The normalized spacial score (nSPS) is 14.8. The molecule has 1 aromatic carbocycles. The Hall–Kier alpha value is -2.14. The van der Waals surface area contributed by atoms with Crippen LogP contribution in [0.25, 0.3) is 0 Å². The van der Waals surface area contributed by atoms with Crippen LogP contribution in [0.5, 0.6) is 0 Å². The molecular formula is C15H18N2O3. The van der Waals surface area contributed by atoms with E-state index in [2.05, 4.69) is 5.32 Å². The number of nitrogens with zero attached hydrogens (tertiary/aromatic N) is 1.